The van der Waals surface area contributed by atoms with Crippen molar-refractivity contribution >= 4 is 17.4 Å². The summed E-state index contributed by atoms with van der Waals surface area (Å²) in [5, 5.41) is 7.80. The average molecular weight is 349 g/mol. The van der Waals surface area contributed by atoms with Crippen molar-refractivity contribution in [3.8, 4) is 11.4 Å². The highest BCUT2D eigenvalue weighted by atomic mass is 32.2. The molecule has 0 bridgehead atoms. The van der Waals surface area contributed by atoms with Crippen LogP contribution in [0.4, 0.5) is 0 Å². The smallest absolute Gasteiger partial charge is 0.258 e. The maximum atomic E-state index is 12.2. The van der Waals surface area contributed by atoms with Gasteiger partial charge in [-0.3, -0.25) is 14.3 Å². The van der Waals surface area contributed by atoms with Gasteiger partial charge in [-0.15, -0.1) is 5.10 Å². The minimum absolute atomic E-state index is 0.0794. The number of pyridine rings is 1. The number of rotatable bonds is 4. The van der Waals surface area contributed by atoms with Gasteiger partial charge in [0.2, 0.25) is 5.16 Å². The van der Waals surface area contributed by atoms with Crippen molar-refractivity contribution in [3.63, 3.8) is 0 Å². The monoisotopic (exact) mass is 349 g/mol. The lowest BCUT2D eigenvalue weighted by molar-refractivity contribution is 0.967. The predicted octanol–water partition coefficient (Wildman–Crippen LogP) is 3.08. The van der Waals surface area contributed by atoms with E-state index in [1.165, 1.54) is 11.8 Å². The number of aryl methyl sites for hydroxylation is 1. The first-order valence-electron chi connectivity index (χ1n) is 7.79. The van der Waals surface area contributed by atoms with Gasteiger partial charge in [-0.25, -0.2) is 9.97 Å². The van der Waals surface area contributed by atoms with E-state index in [0.717, 1.165) is 22.6 Å². The molecule has 124 valence electrons. The number of aromatic nitrogens is 5. The van der Waals surface area contributed by atoms with Gasteiger partial charge in [0.1, 0.15) is 5.65 Å². The van der Waals surface area contributed by atoms with Crippen LogP contribution in [0.1, 0.15) is 11.3 Å². The van der Waals surface area contributed by atoms with Crippen molar-refractivity contribution in [3.05, 3.63) is 76.3 Å². The number of aromatic amines is 1. The summed E-state index contributed by atoms with van der Waals surface area (Å²) in [5.74, 6) is 1.26. The fourth-order valence-electron chi connectivity index (χ4n) is 2.56. The summed E-state index contributed by atoms with van der Waals surface area (Å²) in [7, 11) is 0. The van der Waals surface area contributed by atoms with Gasteiger partial charge in [0.05, 0.1) is 5.69 Å². The van der Waals surface area contributed by atoms with Gasteiger partial charge in [-0.2, -0.15) is 0 Å². The molecule has 3 heterocycles. The third-order valence-corrected chi connectivity index (χ3v) is 4.68. The molecule has 0 fully saturated rings. The lowest BCUT2D eigenvalue weighted by Gasteiger charge is -2.05. The molecule has 4 aromatic rings. The van der Waals surface area contributed by atoms with Gasteiger partial charge >= 0.3 is 0 Å². The zero-order chi connectivity index (χ0) is 17.2. The van der Waals surface area contributed by atoms with E-state index in [1.54, 1.807) is 16.7 Å². The van der Waals surface area contributed by atoms with Crippen LogP contribution in [0.2, 0.25) is 0 Å². The molecular weight excluding hydrogens is 334 g/mol. The highest BCUT2D eigenvalue weighted by molar-refractivity contribution is 7.98. The molecule has 0 spiro atoms. The molecule has 0 aliphatic carbocycles. The Kier molecular flexibility index (Phi) is 4.07. The average Bonchev–Trinajstić information content (AvgIpc) is 3.11. The first kappa shape index (κ1) is 15.6. The van der Waals surface area contributed by atoms with E-state index in [4.69, 9.17) is 0 Å². The van der Waals surface area contributed by atoms with Gasteiger partial charge in [0.15, 0.2) is 5.82 Å². The molecule has 0 aliphatic heterocycles. The third-order valence-electron chi connectivity index (χ3n) is 3.80. The van der Waals surface area contributed by atoms with Gasteiger partial charge in [0, 0.05) is 23.6 Å². The first-order chi connectivity index (χ1) is 12.2. The maximum Gasteiger partial charge on any atom is 0.258 e. The minimum Gasteiger partial charge on any atom is -0.269 e. The van der Waals surface area contributed by atoms with Crippen molar-refractivity contribution in [1.82, 2.24) is 24.6 Å². The zero-order valence-electron chi connectivity index (χ0n) is 13.5. The molecule has 25 heavy (non-hydrogen) atoms. The summed E-state index contributed by atoms with van der Waals surface area (Å²) >= 11 is 1.45. The molecule has 0 atom stereocenters. The normalized spacial score (nSPS) is 11.1. The van der Waals surface area contributed by atoms with E-state index in [2.05, 4.69) is 20.2 Å². The number of thioether (sulfide) groups is 1. The number of nitrogens with zero attached hydrogens (tertiary/aromatic N) is 4. The fourth-order valence-corrected chi connectivity index (χ4v) is 3.25. The van der Waals surface area contributed by atoms with Crippen LogP contribution in [0, 0.1) is 6.92 Å². The first-order valence-corrected chi connectivity index (χ1v) is 8.78. The predicted molar refractivity (Wildman–Crippen MR) is 97.6 cm³/mol. The van der Waals surface area contributed by atoms with E-state index in [1.807, 2.05) is 49.4 Å². The van der Waals surface area contributed by atoms with Crippen molar-refractivity contribution in [2.24, 2.45) is 0 Å². The number of fused-ring (bicyclic) bond motifs is 1. The van der Waals surface area contributed by atoms with Crippen molar-refractivity contribution in [2.75, 3.05) is 0 Å². The number of nitrogens with one attached hydrogen (secondary N) is 1. The van der Waals surface area contributed by atoms with E-state index >= 15 is 0 Å². The molecule has 0 aliphatic rings. The van der Waals surface area contributed by atoms with Gasteiger partial charge in [-0.05, 0) is 18.6 Å². The molecule has 0 saturated carbocycles. The molecule has 0 unspecified atom stereocenters. The molecule has 0 radical (unpaired) electrons. The van der Waals surface area contributed by atoms with Crippen LogP contribution in [0.25, 0.3) is 17.0 Å². The third kappa shape index (κ3) is 3.18. The quantitative estimate of drug-likeness (QED) is 0.573. The van der Waals surface area contributed by atoms with Crippen molar-refractivity contribution in [2.45, 2.75) is 17.8 Å². The second-order valence-electron chi connectivity index (χ2n) is 5.59. The number of hydrogen-bond donors (Lipinski definition) is 1. The van der Waals surface area contributed by atoms with E-state index in [0.29, 0.717) is 16.6 Å². The van der Waals surface area contributed by atoms with Crippen LogP contribution < -0.4 is 5.56 Å². The zero-order valence-corrected chi connectivity index (χ0v) is 14.3. The van der Waals surface area contributed by atoms with Crippen LogP contribution in [0.5, 0.6) is 0 Å². The fraction of sp³-hybridized carbons (Fsp3) is 0.111. The Bertz CT molecular complexity index is 1090. The Labute approximate surface area is 148 Å². The molecule has 6 nitrogen and oxygen atoms in total. The van der Waals surface area contributed by atoms with Crippen molar-refractivity contribution in [1.29, 1.82) is 0 Å². The molecular formula is C18H15N5OS. The van der Waals surface area contributed by atoms with Gasteiger partial charge in [-0.1, -0.05) is 48.2 Å². The van der Waals surface area contributed by atoms with E-state index in [-0.39, 0.29) is 5.56 Å². The second kappa shape index (κ2) is 6.52. The summed E-state index contributed by atoms with van der Waals surface area (Å²) in [6.45, 7) is 1.94. The molecule has 4 rings (SSSR count). The number of benzene rings is 1. The van der Waals surface area contributed by atoms with E-state index in [9.17, 15) is 4.79 Å². The van der Waals surface area contributed by atoms with Gasteiger partial charge < -0.3 is 0 Å². The largest absolute Gasteiger partial charge is 0.269 e. The van der Waals surface area contributed by atoms with Crippen LogP contribution in [-0.2, 0) is 5.75 Å². The maximum absolute atomic E-state index is 12.2. The second-order valence-corrected chi connectivity index (χ2v) is 6.53. The van der Waals surface area contributed by atoms with Crippen LogP contribution in [-0.4, -0.2) is 24.6 Å². The molecule has 1 N–H and O–H groups in total. The highest BCUT2D eigenvalue weighted by Crippen LogP contribution is 2.21. The highest BCUT2D eigenvalue weighted by Gasteiger charge is 2.09. The van der Waals surface area contributed by atoms with Crippen LogP contribution >= 0.6 is 11.8 Å². The summed E-state index contributed by atoms with van der Waals surface area (Å²) in [6, 6.07) is 15.2. The lowest BCUT2D eigenvalue weighted by atomic mass is 10.2. The number of hydrogen-bond acceptors (Lipinski definition) is 5. The van der Waals surface area contributed by atoms with Crippen LogP contribution in [0.3, 0.4) is 0 Å². The Hall–Kier alpha value is -2.93. The summed E-state index contributed by atoms with van der Waals surface area (Å²) in [4.78, 5) is 21.3. The minimum atomic E-state index is -0.0794. The Balaban J connectivity index is 1.56. The SMILES string of the molecule is Cc1cccn2c(=O)cc(CSc3n[nH]c(-c4ccccc4)n3)nc12. The van der Waals surface area contributed by atoms with Gasteiger partial charge in [0.25, 0.3) is 5.56 Å². The molecule has 7 heteroatoms. The molecule has 0 saturated heterocycles. The Morgan fingerprint density at radius 2 is 1.96 bits per heavy atom. The summed E-state index contributed by atoms with van der Waals surface area (Å²) in [6.07, 6.45) is 1.73. The Morgan fingerprint density at radius 1 is 1.12 bits per heavy atom. The summed E-state index contributed by atoms with van der Waals surface area (Å²) < 4.78 is 1.56. The number of H-pyrrole nitrogens is 1. The molecule has 0 amide bonds. The molecule has 1 aromatic carbocycles. The summed E-state index contributed by atoms with van der Waals surface area (Å²) in [5.41, 5.74) is 3.28. The van der Waals surface area contributed by atoms with E-state index < -0.39 is 0 Å². The Morgan fingerprint density at radius 3 is 2.80 bits per heavy atom. The molecule has 3 aromatic heterocycles. The standard InChI is InChI=1S/C18H15N5OS/c1-12-6-5-9-23-15(24)10-14(19-17(12)23)11-25-18-20-16(21-22-18)13-7-3-2-4-8-13/h2-10H,11H2,1H3,(H,20,21,22). The van der Waals surface area contributed by atoms with Crippen LogP contribution in [0.15, 0.2) is 64.7 Å². The topological polar surface area (TPSA) is 75.9 Å². The van der Waals surface area contributed by atoms with Crippen molar-refractivity contribution < 1.29 is 0 Å². The lowest BCUT2D eigenvalue weighted by Crippen LogP contribution is -2.15.